The number of rotatable bonds is 2. The van der Waals surface area contributed by atoms with Crippen molar-refractivity contribution in [3.8, 4) is 0 Å². The Hall–Kier alpha value is -0.380. The van der Waals surface area contributed by atoms with Crippen LogP contribution in [0.2, 0.25) is 0 Å². The Balaban J connectivity index is 2.51. The van der Waals surface area contributed by atoms with E-state index >= 15 is 0 Å². The second-order valence-electron chi connectivity index (χ2n) is 4.61. The molecule has 0 spiro atoms. The first-order valence-electron chi connectivity index (χ1n) is 6.48. The average molecular weight is 398 g/mol. The van der Waals surface area contributed by atoms with E-state index in [9.17, 15) is 0 Å². The fourth-order valence-electron chi connectivity index (χ4n) is 2.63. The molecule has 0 nitrogen and oxygen atoms in total. The number of halogens is 2. The summed E-state index contributed by atoms with van der Waals surface area (Å²) in [4.78, 5) is 0. The first-order valence-corrected chi connectivity index (χ1v) is 8.88. The predicted octanol–water partition coefficient (Wildman–Crippen LogP) is 6.70. The summed E-state index contributed by atoms with van der Waals surface area (Å²) in [5.41, 5.74) is 2.86. The Bertz CT molecular complexity index is 707. The highest BCUT2D eigenvalue weighted by Crippen LogP contribution is 2.42. The minimum atomic E-state index is 1.06. The quantitative estimate of drug-likeness (QED) is 0.451. The third-order valence-electron chi connectivity index (χ3n) is 3.61. The molecule has 0 aliphatic carbocycles. The van der Waals surface area contributed by atoms with Gasteiger partial charge in [-0.05, 0) is 36.1 Å². The van der Waals surface area contributed by atoms with E-state index in [4.69, 9.17) is 0 Å². The zero-order valence-corrected chi connectivity index (χ0v) is 14.9. The van der Waals surface area contributed by atoms with Crippen LogP contribution in [0.4, 0.5) is 0 Å². The van der Waals surface area contributed by atoms with E-state index < -0.39 is 0 Å². The van der Waals surface area contributed by atoms with Gasteiger partial charge in [0.05, 0.1) is 0 Å². The van der Waals surface area contributed by atoms with E-state index in [1.165, 1.54) is 40.2 Å². The summed E-state index contributed by atoms with van der Waals surface area (Å²) < 4.78 is 5.32. The molecule has 1 aromatic heterocycles. The second kappa shape index (κ2) is 5.19. The van der Waals surface area contributed by atoms with Crippen molar-refractivity contribution in [1.29, 1.82) is 0 Å². The zero-order valence-electron chi connectivity index (χ0n) is 10.9. The molecule has 98 valence electrons. The number of thiophene rings is 1. The first-order chi connectivity index (χ1) is 9.17. The van der Waals surface area contributed by atoms with Crippen molar-refractivity contribution in [3.63, 3.8) is 0 Å². The maximum Gasteiger partial charge on any atom is 0.0398 e. The predicted molar refractivity (Wildman–Crippen MR) is 93.5 cm³/mol. The lowest BCUT2D eigenvalue weighted by atomic mass is 10.1. The molecule has 0 bridgehead atoms. The van der Waals surface area contributed by atoms with E-state index in [2.05, 4.69) is 70.0 Å². The molecule has 0 N–H and O–H groups in total. The molecule has 0 fully saturated rings. The van der Waals surface area contributed by atoms with E-state index in [0.29, 0.717) is 0 Å². The van der Waals surface area contributed by atoms with Gasteiger partial charge in [0.2, 0.25) is 0 Å². The molecule has 0 saturated carbocycles. The Morgan fingerprint density at radius 2 is 1.21 bits per heavy atom. The van der Waals surface area contributed by atoms with Gasteiger partial charge < -0.3 is 0 Å². The van der Waals surface area contributed by atoms with Crippen LogP contribution in [0.5, 0.6) is 0 Å². The molecular weight excluding hydrogens is 384 g/mol. The average Bonchev–Trinajstić information content (AvgIpc) is 2.77. The van der Waals surface area contributed by atoms with Crippen LogP contribution in [-0.4, -0.2) is 0 Å². The van der Waals surface area contributed by atoms with E-state index in [0.717, 1.165) is 12.8 Å². The minimum Gasteiger partial charge on any atom is -0.135 e. The molecule has 0 radical (unpaired) electrons. The van der Waals surface area contributed by atoms with Gasteiger partial charge in [-0.2, -0.15) is 0 Å². The summed E-state index contributed by atoms with van der Waals surface area (Å²) in [6, 6.07) is 8.84. The highest BCUT2D eigenvalue weighted by Gasteiger charge is 2.14. The van der Waals surface area contributed by atoms with Crippen molar-refractivity contribution < 1.29 is 0 Å². The third-order valence-corrected chi connectivity index (χ3v) is 6.43. The van der Waals surface area contributed by atoms with Crippen LogP contribution < -0.4 is 0 Å². The Morgan fingerprint density at radius 3 is 1.58 bits per heavy atom. The van der Waals surface area contributed by atoms with Crippen molar-refractivity contribution in [1.82, 2.24) is 0 Å². The van der Waals surface area contributed by atoms with Crippen LogP contribution in [0, 0.1) is 0 Å². The lowest BCUT2D eigenvalue weighted by molar-refractivity contribution is 1.15. The standard InChI is InChI=1S/C16H14Br2S/c1-3-9-13(17)7-5-11-12-6-8-14(18)10(4-2)16(12)19-15(9)11/h5-8H,3-4H2,1-2H3. The molecule has 0 amide bonds. The monoisotopic (exact) mass is 396 g/mol. The molecule has 3 heteroatoms. The molecule has 0 aliphatic rings. The lowest BCUT2D eigenvalue weighted by Crippen LogP contribution is -1.82. The molecule has 0 atom stereocenters. The van der Waals surface area contributed by atoms with E-state index in [1.54, 1.807) is 0 Å². The van der Waals surface area contributed by atoms with Crippen LogP contribution in [0.25, 0.3) is 20.2 Å². The van der Waals surface area contributed by atoms with E-state index in [-0.39, 0.29) is 0 Å². The number of benzene rings is 2. The van der Waals surface area contributed by atoms with Crippen LogP contribution in [0.1, 0.15) is 25.0 Å². The van der Waals surface area contributed by atoms with Crippen molar-refractivity contribution >= 4 is 63.4 Å². The van der Waals surface area contributed by atoms with Crippen molar-refractivity contribution in [3.05, 3.63) is 44.3 Å². The van der Waals surface area contributed by atoms with Gasteiger partial charge >= 0.3 is 0 Å². The molecular formula is C16H14Br2S. The summed E-state index contributed by atoms with van der Waals surface area (Å²) in [6.07, 6.45) is 2.13. The normalized spacial score (nSPS) is 11.6. The Labute approximate surface area is 134 Å². The van der Waals surface area contributed by atoms with Crippen LogP contribution in [0.15, 0.2) is 33.2 Å². The maximum absolute atomic E-state index is 3.68. The second-order valence-corrected chi connectivity index (χ2v) is 7.34. The van der Waals surface area contributed by atoms with Gasteiger partial charge in [-0.3, -0.25) is 0 Å². The molecule has 0 unspecified atom stereocenters. The number of hydrogen-bond donors (Lipinski definition) is 0. The van der Waals surface area contributed by atoms with Crippen molar-refractivity contribution in [2.75, 3.05) is 0 Å². The first kappa shape index (κ1) is 13.6. The van der Waals surface area contributed by atoms with Crippen LogP contribution in [0.3, 0.4) is 0 Å². The third kappa shape index (κ3) is 2.07. The highest BCUT2D eigenvalue weighted by molar-refractivity contribution is 9.10. The number of fused-ring (bicyclic) bond motifs is 3. The zero-order chi connectivity index (χ0) is 13.6. The summed E-state index contributed by atoms with van der Waals surface area (Å²) >= 11 is 9.30. The van der Waals surface area contributed by atoms with Gasteiger partial charge in [-0.25, -0.2) is 0 Å². The maximum atomic E-state index is 3.68. The van der Waals surface area contributed by atoms with Crippen molar-refractivity contribution in [2.24, 2.45) is 0 Å². The summed E-state index contributed by atoms with van der Waals surface area (Å²) in [6.45, 7) is 4.45. The number of aryl methyl sites for hydroxylation is 2. The molecule has 1 heterocycles. The molecule has 0 saturated heterocycles. The van der Waals surface area contributed by atoms with Gasteiger partial charge in [0.15, 0.2) is 0 Å². The SMILES string of the molecule is CCc1c(Br)ccc2c1sc1c(CC)c(Br)ccc12. The smallest absolute Gasteiger partial charge is 0.0398 e. The topological polar surface area (TPSA) is 0 Å². The Morgan fingerprint density at radius 1 is 0.789 bits per heavy atom. The largest absolute Gasteiger partial charge is 0.135 e. The Kier molecular flexibility index (Phi) is 3.71. The highest BCUT2D eigenvalue weighted by atomic mass is 79.9. The lowest BCUT2D eigenvalue weighted by Gasteiger charge is -2.03. The van der Waals surface area contributed by atoms with Gasteiger partial charge in [0.25, 0.3) is 0 Å². The molecule has 2 aromatic carbocycles. The fourth-order valence-corrected chi connectivity index (χ4v) is 5.64. The van der Waals surface area contributed by atoms with Gasteiger partial charge in [0.1, 0.15) is 0 Å². The van der Waals surface area contributed by atoms with Gasteiger partial charge in [-0.1, -0.05) is 57.8 Å². The summed E-state index contributed by atoms with van der Waals surface area (Å²) in [5, 5.41) is 2.78. The van der Waals surface area contributed by atoms with Crippen LogP contribution >= 0.6 is 43.2 Å². The summed E-state index contributed by atoms with van der Waals surface area (Å²) in [7, 11) is 0. The molecule has 19 heavy (non-hydrogen) atoms. The number of hydrogen-bond acceptors (Lipinski definition) is 1. The minimum absolute atomic E-state index is 1.06. The molecule has 0 aliphatic heterocycles. The summed E-state index contributed by atoms with van der Waals surface area (Å²) in [5.74, 6) is 0. The van der Waals surface area contributed by atoms with Gasteiger partial charge in [0, 0.05) is 29.1 Å². The van der Waals surface area contributed by atoms with Crippen molar-refractivity contribution in [2.45, 2.75) is 26.7 Å². The molecule has 3 aromatic rings. The van der Waals surface area contributed by atoms with Crippen LogP contribution in [-0.2, 0) is 12.8 Å². The fraction of sp³-hybridized carbons (Fsp3) is 0.250. The van der Waals surface area contributed by atoms with E-state index in [1.807, 2.05) is 11.3 Å². The van der Waals surface area contributed by atoms with Gasteiger partial charge in [-0.15, -0.1) is 11.3 Å². The molecule has 3 rings (SSSR count).